The Balaban J connectivity index is 2.05. The van der Waals surface area contributed by atoms with Crippen LogP contribution in [0.3, 0.4) is 0 Å². The van der Waals surface area contributed by atoms with Crippen molar-refractivity contribution in [3.05, 3.63) is 53.6 Å². The lowest BCUT2D eigenvalue weighted by molar-refractivity contribution is 0.491. The van der Waals surface area contributed by atoms with Gasteiger partial charge in [0.25, 0.3) is 0 Å². The van der Waals surface area contributed by atoms with E-state index in [0.717, 1.165) is 11.9 Å². The van der Waals surface area contributed by atoms with E-state index in [1.165, 1.54) is 6.07 Å². The van der Waals surface area contributed by atoms with Gasteiger partial charge in [-0.25, -0.2) is 13.8 Å². The number of nitrogens with two attached hydrogens (primary N) is 1. The molecule has 1 atom stereocenters. The van der Waals surface area contributed by atoms with Crippen molar-refractivity contribution in [2.45, 2.75) is 18.9 Å². The molecule has 0 amide bonds. The second kappa shape index (κ2) is 5.27. The van der Waals surface area contributed by atoms with Gasteiger partial charge in [0.15, 0.2) is 11.6 Å². The lowest BCUT2D eigenvalue weighted by Crippen LogP contribution is -2.27. The molecule has 1 aromatic carbocycles. The van der Waals surface area contributed by atoms with Gasteiger partial charge in [0, 0.05) is 31.9 Å². The predicted molar refractivity (Wildman–Crippen MR) is 64.9 cm³/mol. The van der Waals surface area contributed by atoms with E-state index in [1.54, 1.807) is 12.3 Å². The molecule has 0 aliphatic rings. The topological polar surface area (TPSA) is 43.8 Å². The van der Waals surface area contributed by atoms with Gasteiger partial charge in [0.1, 0.15) is 5.82 Å². The Bertz CT molecular complexity index is 537. The highest BCUT2D eigenvalue weighted by atomic mass is 19.2. The molecule has 5 heteroatoms. The van der Waals surface area contributed by atoms with E-state index in [0.29, 0.717) is 12.0 Å². The molecule has 1 aromatic heterocycles. The summed E-state index contributed by atoms with van der Waals surface area (Å²) in [6.45, 7) is 0. The third-order valence-electron chi connectivity index (χ3n) is 2.88. The molecule has 18 heavy (non-hydrogen) atoms. The van der Waals surface area contributed by atoms with Crippen LogP contribution in [0.2, 0.25) is 0 Å². The molecule has 2 N–H and O–H groups in total. The molecule has 1 heterocycles. The zero-order valence-corrected chi connectivity index (χ0v) is 10.1. The van der Waals surface area contributed by atoms with E-state index in [1.807, 2.05) is 17.8 Å². The van der Waals surface area contributed by atoms with Crippen LogP contribution in [0.4, 0.5) is 8.78 Å². The molecule has 0 saturated heterocycles. The summed E-state index contributed by atoms with van der Waals surface area (Å²) in [5.41, 5.74) is 6.24. The normalized spacial score (nSPS) is 12.7. The van der Waals surface area contributed by atoms with Gasteiger partial charge < -0.3 is 10.3 Å². The molecule has 96 valence electrons. The number of benzene rings is 1. The highest BCUT2D eigenvalue weighted by Gasteiger charge is 2.13. The van der Waals surface area contributed by atoms with Crippen molar-refractivity contribution in [1.29, 1.82) is 0 Å². The van der Waals surface area contributed by atoms with Crippen LogP contribution < -0.4 is 5.73 Å². The van der Waals surface area contributed by atoms with E-state index in [9.17, 15) is 8.78 Å². The first-order valence-electron chi connectivity index (χ1n) is 5.72. The monoisotopic (exact) mass is 251 g/mol. The fourth-order valence-electron chi connectivity index (χ4n) is 1.89. The third kappa shape index (κ3) is 2.73. The van der Waals surface area contributed by atoms with E-state index >= 15 is 0 Å². The summed E-state index contributed by atoms with van der Waals surface area (Å²) >= 11 is 0. The largest absolute Gasteiger partial charge is 0.338 e. The fraction of sp³-hybridized carbons (Fsp3) is 0.308. The summed E-state index contributed by atoms with van der Waals surface area (Å²) in [6.07, 6.45) is 4.32. The highest BCUT2D eigenvalue weighted by Crippen LogP contribution is 2.14. The Kier molecular flexibility index (Phi) is 3.72. The van der Waals surface area contributed by atoms with Crippen LogP contribution in [0.5, 0.6) is 0 Å². The average Bonchev–Trinajstić information content (AvgIpc) is 2.71. The smallest absolute Gasteiger partial charge is 0.162 e. The van der Waals surface area contributed by atoms with Crippen molar-refractivity contribution in [3.63, 3.8) is 0 Å². The van der Waals surface area contributed by atoms with E-state index < -0.39 is 11.6 Å². The van der Waals surface area contributed by atoms with Crippen LogP contribution in [-0.4, -0.2) is 15.6 Å². The van der Waals surface area contributed by atoms with E-state index in [-0.39, 0.29) is 12.5 Å². The summed E-state index contributed by atoms with van der Waals surface area (Å²) in [7, 11) is 1.87. The number of imidazole rings is 1. The standard InChI is InChI=1S/C13H15F2N3/c1-18-6-5-17-12(18)8-10(16)7-9-3-2-4-11(14)13(9)15/h2-6,10H,7-8,16H2,1H3. The first-order chi connectivity index (χ1) is 8.58. The predicted octanol–water partition coefficient (Wildman–Crippen LogP) is 1.81. The number of halogens is 2. The van der Waals surface area contributed by atoms with Crippen molar-refractivity contribution < 1.29 is 8.78 Å². The Morgan fingerprint density at radius 3 is 2.78 bits per heavy atom. The molecule has 1 unspecified atom stereocenters. The van der Waals surface area contributed by atoms with Gasteiger partial charge in [0.05, 0.1) is 0 Å². The zero-order valence-electron chi connectivity index (χ0n) is 10.1. The van der Waals surface area contributed by atoms with Crippen molar-refractivity contribution in [2.75, 3.05) is 0 Å². The Morgan fingerprint density at radius 2 is 2.11 bits per heavy atom. The molecule has 0 fully saturated rings. The van der Waals surface area contributed by atoms with Gasteiger partial charge in [-0.05, 0) is 18.1 Å². The summed E-state index contributed by atoms with van der Waals surface area (Å²) < 4.78 is 28.4. The molecule has 0 aliphatic carbocycles. The first-order valence-corrected chi connectivity index (χ1v) is 5.72. The molecule has 2 rings (SSSR count). The van der Waals surface area contributed by atoms with Gasteiger partial charge in [-0.15, -0.1) is 0 Å². The maximum atomic E-state index is 13.5. The van der Waals surface area contributed by atoms with Gasteiger partial charge >= 0.3 is 0 Å². The number of nitrogens with zero attached hydrogens (tertiary/aromatic N) is 2. The van der Waals surface area contributed by atoms with Crippen molar-refractivity contribution in [1.82, 2.24) is 9.55 Å². The summed E-state index contributed by atoms with van der Waals surface area (Å²) in [5, 5.41) is 0. The number of rotatable bonds is 4. The van der Waals surface area contributed by atoms with Crippen LogP contribution in [0.15, 0.2) is 30.6 Å². The molecule has 0 bridgehead atoms. The van der Waals surface area contributed by atoms with Crippen LogP contribution in [0.1, 0.15) is 11.4 Å². The lowest BCUT2D eigenvalue weighted by Gasteiger charge is -2.12. The average molecular weight is 251 g/mol. The minimum atomic E-state index is -0.836. The number of hydrogen-bond acceptors (Lipinski definition) is 2. The summed E-state index contributed by atoms with van der Waals surface area (Å²) in [4.78, 5) is 4.15. The minimum absolute atomic E-state index is 0.288. The zero-order chi connectivity index (χ0) is 13.1. The summed E-state index contributed by atoms with van der Waals surface area (Å²) in [5.74, 6) is -0.816. The fourth-order valence-corrected chi connectivity index (χ4v) is 1.89. The van der Waals surface area contributed by atoms with Crippen LogP contribution in [0.25, 0.3) is 0 Å². The molecular formula is C13H15F2N3. The first kappa shape index (κ1) is 12.7. The van der Waals surface area contributed by atoms with Crippen molar-refractivity contribution in [3.8, 4) is 0 Å². The van der Waals surface area contributed by atoms with Gasteiger partial charge in [-0.3, -0.25) is 0 Å². The molecule has 2 aromatic rings. The highest BCUT2D eigenvalue weighted by molar-refractivity contribution is 5.20. The van der Waals surface area contributed by atoms with E-state index in [2.05, 4.69) is 4.98 Å². The SMILES string of the molecule is Cn1ccnc1CC(N)Cc1cccc(F)c1F. The van der Waals surface area contributed by atoms with Gasteiger partial charge in [-0.2, -0.15) is 0 Å². The Morgan fingerprint density at radius 1 is 1.33 bits per heavy atom. The number of aryl methyl sites for hydroxylation is 1. The summed E-state index contributed by atoms with van der Waals surface area (Å²) in [6, 6.07) is 3.85. The maximum Gasteiger partial charge on any atom is 0.162 e. The van der Waals surface area contributed by atoms with Gasteiger partial charge in [-0.1, -0.05) is 12.1 Å². The lowest BCUT2D eigenvalue weighted by atomic mass is 10.0. The molecule has 3 nitrogen and oxygen atoms in total. The van der Waals surface area contributed by atoms with Crippen LogP contribution in [0, 0.1) is 11.6 Å². The second-order valence-corrected chi connectivity index (χ2v) is 4.34. The molecule has 0 spiro atoms. The van der Waals surface area contributed by atoms with Crippen molar-refractivity contribution in [2.24, 2.45) is 12.8 Å². The number of aromatic nitrogens is 2. The van der Waals surface area contributed by atoms with Gasteiger partial charge in [0.2, 0.25) is 0 Å². The molecule has 0 aliphatic heterocycles. The minimum Gasteiger partial charge on any atom is -0.338 e. The van der Waals surface area contributed by atoms with E-state index in [4.69, 9.17) is 5.73 Å². The van der Waals surface area contributed by atoms with Crippen LogP contribution >= 0.6 is 0 Å². The molecule has 0 radical (unpaired) electrons. The number of hydrogen-bond donors (Lipinski definition) is 1. The second-order valence-electron chi connectivity index (χ2n) is 4.34. The Labute approximate surface area is 104 Å². The van der Waals surface area contributed by atoms with Crippen molar-refractivity contribution >= 4 is 0 Å². The maximum absolute atomic E-state index is 13.5. The molecule has 0 saturated carbocycles. The van der Waals surface area contributed by atoms with Crippen LogP contribution in [-0.2, 0) is 19.9 Å². The quantitative estimate of drug-likeness (QED) is 0.900. The Hall–Kier alpha value is -1.75. The third-order valence-corrected chi connectivity index (χ3v) is 2.88. The molecular weight excluding hydrogens is 236 g/mol.